The summed E-state index contributed by atoms with van der Waals surface area (Å²) in [5.74, 6) is 2.60. The van der Waals surface area contributed by atoms with E-state index in [-0.39, 0.29) is 98.6 Å². The summed E-state index contributed by atoms with van der Waals surface area (Å²) in [7, 11) is 6.52. The van der Waals surface area contributed by atoms with Crippen LogP contribution in [0.4, 0.5) is 9.59 Å². The number of hydrogen-bond acceptors (Lipinski definition) is 19. The molecule has 4 amide bonds. The molecule has 8 aromatic rings. The second-order valence-corrected chi connectivity index (χ2v) is 33.0. The smallest absolute Gasteiger partial charge is 0.321 e. The highest BCUT2D eigenvalue weighted by molar-refractivity contribution is 7.13. The van der Waals surface area contributed by atoms with Crippen LogP contribution in [-0.2, 0) is 37.0 Å². The first kappa shape index (κ1) is 80.1. The number of carbonyl (C=O) groups is 6. The largest absolute Gasteiger partial charge is 0.497 e. The van der Waals surface area contributed by atoms with Gasteiger partial charge in [-0.15, -0.1) is 22.7 Å². The summed E-state index contributed by atoms with van der Waals surface area (Å²) in [5, 5.41) is 17.6. The van der Waals surface area contributed by atoms with Crippen molar-refractivity contribution in [2.24, 2.45) is 22.7 Å². The number of amides is 4. The molecule has 4 fully saturated rings. The van der Waals surface area contributed by atoms with E-state index in [1.54, 1.807) is 45.2 Å². The fourth-order valence-corrected chi connectivity index (χ4v) is 18.1. The molecule has 6 aliphatic rings. The maximum Gasteiger partial charge on any atom is 0.321 e. The number of allylic oxidation sites excluding steroid dienone is 4. The van der Waals surface area contributed by atoms with Crippen LogP contribution in [0.1, 0.15) is 170 Å². The van der Waals surface area contributed by atoms with Gasteiger partial charge in [0.25, 0.3) is 0 Å². The molecular formula is C88H104N8O14S2. The van der Waals surface area contributed by atoms with Gasteiger partial charge in [0.1, 0.15) is 68.1 Å². The Morgan fingerprint density at radius 2 is 0.973 bits per heavy atom. The van der Waals surface area contributed by atoms with Crippen molar-refractivity contribution in [3.8, 4) is 55.9 Å². The van der Waals surface area contributed by atoms with Gasteiger partial charge in [-0.25, -0.2) is 29.5 Å². The fraction of sp³-hybridized carbons (Fsp3) is 0.477. The van der Waals surface area contributed by atoms with Crippen LogP contribution in [0.15, 0.2) is 120 Å². The Kier molecular flexibility index (Phi) is 25.0. The van der Waals surface area contributed by atoms with Crippen molar-refractivity contribution in [3.05, 3.63) is 154 Å². The predicted octanol–water partition coefficient (Wildman–Crippen LogP) is 17.3. The molecule has 112 heavy (non-hydrogen) atoms. The summed E-state index contributed by atoms with van der Waals surface area (Å²) in [6, 6.07) is 24.8. The van der Waals surface area contributed by atoms with Crippen LogP contribution in [0.3, 0.4) is 0 Å². The van der Waals surface area contributed by atoms with Gasteiger partial charge >= 0.3 is 24.0 Å². The van der Waals surface area contributed by atoms with Crippen molar-refractivity contribution in [2.45, 2.75) is 188 Å². The van der Waals surface area contributed by atoms with E-state index in [1.165, 1.54) is 22.7 Å². The average Bonchev–Trinajstić information content (AvgIpc) is 1.57. The Bertz CT molecular complexity index is 4830. The molecule has 4 aromatic heterocycles. The lowest BCUT2D eigenvalue weighted by molar-refractivity contribution is -0.152. The average molecular weight is 1560 g/mol. The Balaban J connectivity index is 0.000000196. The minimum absolute atomic E-state index is 0.00401. The third-order valence-corrected chi connectivity index (χ3v) is 24.8. The lowest BCUT2D eigenvalue weighted by atomic mass is 9.92. The van der Waals surface area contributed by atoms with E-state index in [9.17, 15) is 33.9 Å². The van der Waals surface area contributed by atoms with Crippen molar-refractivity contribution >= 4 is 80.0 Å². The molecule has 1 N–H and O–H groups in total. The monoisotopic (exact) mass is 1560 g/mol. The van der Waals surface area contributed by atoms with Crippen LogP contribution in [-0.4, -0.2) is 166 Å². The van der Waals surface area contributed by atoms with Gasteiger partial charge in [-0.1, -0.05) is 89.1 Å². The van der Waals surface area contributed by atoms with Crippen molar-refractivity contribution < 1.29 is 67.0 Å². The van der Waals surface area contributed by atoms with Crippen LogP contribution >= 0.6 is 22.7 Å². The first-order valence-corrected chi connectivity index (χ1v) is 41.2. The third-order valence-electron chi connectivity index (χ3n) is 23.0. The molecule has 592 valence electrons. The van der Waals surface area contributed by atoms with Gasteiger partial charge in [-0.3, -0.25) is 19.2 Å². The van der Waals surface area contributed by atoms with E-state index in [1.807, 2.05) is 120 Å². The first-order chi connectivity index (χ1) is 54.0. The number of pyridine rings is 2. The molecule has 4 aliphatic heterocycles. The number of rotatable bonds is 19. The SMILES string of the molecule is CCOC(=O)[C@]12CC(=O)[C@@H]3C[C@@H](Oc4cc(-c5nc(C(C)C)cs5)nc5c(C)c(OC)ccc45)CN3C(=O)N(Cc3ccc(OC)cc3)CCCCC/C=C\[C@@H]1C2.COc1ccc(CN2CCCCC/C=C\[C@@H]3C[C@@]3(C(=O)O)CC(=O)[C@@H]3C[C@@H](Oc4cc(-c5nc(C(C)C)cs5)nc5c(C)c(OC)ccc45)CN3C2=O)cc1. The number of aliphatic carboxylic acids is 1. The molecule has 2 aliphatic carbocycles. The number of thiazole rings is 2. The maximum absolute atomic E-state index is 14.9. The minimum atomic E-state index is -1.15. The summed E-state index contributed by atoms with van der Waals surface area (Å²) >= 11 is 3.06. The highest BCUT2D eigenvalue weighted by Gasteiger charge is 2.63. The van der Waals surface area contributed by atoms with Crippen molar-refractivity contribution in [1.29, 1.82) is 0 Å². The van der Waals surface area contributed by atoms with Crippen LogP contribution < -0.4 is 28.4 Å². The normalized spacial score (nSPS) is 23.6. The Hall–Kier alpha value is -9.94. The molecule has 0 radical (unpaired) electrons. The zero-order valence-electron chi connectivity index (χ0n) is 66.2. The summed E-state index contributed by atoms with van der Waals surface area (Å²) in [5.41, 5.74) is 6.34. The van der Waals surface area contributed by atoms with E-state index < -0.39 is 41.1 Å². The molecule has 2 saturated carbocycles. The number of carbonyl (C=O) groups excluding carboxylic acids is 5. The van der Waals surface area contributed by atoms with E-state index in [0.29, 0.717) is 73.4 Å². The number of methoxy groups -OCH3 is 4. The first-order valence-electron chi connectivity index (χ1n) is 39.4. The van der Waals surface area contributed by atoms with Crippen molar-refractivity contribution in [3.63, 3.8) is 0 Å². The van der Waals surface area contributed by atoms with Gasteiger partial charge in [0, 0.05) is 96.7 Å². The number of urea groups is 2. The number of Topliss-reactive ketones (excluding diaryl/α,β-unsaturated/α-hetero) is 2. The molecule has 24 heteroatoms. The number of aryl methyl sites for hydroxylation is 2. The molecule has 4 aromatic carbocycles. The van der Waals surface area contributed by atoms with Gasteiger partial charge in [0.2, 0.25) is 0 Å². The van der Waals surface area contributed by atoms with E-state index in [0.717, 1.165) is 128 Å². The summed E-state index contributed by atoms with van der Waals surface area (Å²) in [6.07, 6.45) is 15.7. The number of carboxylic acids is 1. The maximum atomic E-state index is 14.9. The lowest BCUT2D eigenvalue weighted by Crippen LogP contribution is -2.49. The zero-order chi connectivity index (χ0) is 79.1. The number of carboxylic acid groups (broad SMARTS) is 1. The number of ketones is 2. The molecule has 22 nitrogen and oxygen atoms in total. The summed E-state index contributed by atoms with van der Waals surface area (Å²) in [4.78, 5) is 112. The Morgan fingerprint density at radius 1 is 0.545 bits per heavy atom. The number of benzene rings is 4. The lowest BCUT2D eigenvalue weighted by Gasteiger charge is -2.32. The van der Waals surface area contributed by atoms with Gasteiger partial charge < -0.3 is 57.9 Å². The highest BCUT2D eigenvalue weighted by atomic mass is 32.1. The third kappa shape index (κ3) is 17.5. The molecule has 8 atom stereocenters. The minimum Gasteiger partial charge on any atom is -0.497 e. The number of hydrogen-bond donors (Lipinski definition) is 1. The van der Waals surface area contributed by atoms with Gasteiger partial charge in [0.05, 0.1) is 93.5 Å². The van der Waals surface area contributed by atoms with Crippen LogP contribution in [0.25, 0.3) is 43.2 Å². The molecule has 0 unspecified atom stereocenters. The fourth-order valence-electron chi connectivity index (χ4n) is 16.2. The standard InChI is InChI=1S/C45H54N4O7S.C43H50N4O7S/c1-7-55-43(51)45-23-31(45)13-11-9-8-10-12-20-48(25-30-14-16-32(53-5)17-15-30)44(52)49-26-33(21-37(49)38(50)24-45)56-40-22-35(42-47-36(27-57-42)28(2)3)46-41-29(4)39(54-6)19-18-34(40)41;1-26(2)34-25-55-40(45-34)33-20-38(32-16-17-37(53-5)27(3)39(32)44-33)54-31-19-35-36(48)22-43(41(49)50)21-29(43)11-9-7-6-8-10-18-46(42(51)47(35)24-31)23-28-12-14-30(52-4)15-13-28/h11,13-19,22,27-28,31,33,37H,7-10,12,20-21,23-26H2,1-6H3;9,11-17,20,25-26,29,31,35H,6-8,10,18-19,21-24H2,1-5H3,(H,49,50)/b13-11-;11-9-/t31-,33-,37+,45-;29-,31-,35+,43-/m11/s1. The second-order valence-electron chi connectivity index (χ2n) is 31.2. The molecule has 0 bridgehead atoms. The van der Waals surface area contributed by atoms with Crippen LogP contribution in [0, 0.1) is 36.5 Å². The van der Waals surface area contributed by atoms with Crippen molar-refractivity contribution in [2.75, 3.05) is 61.2 Å². The Morgan fingerprint density at radius 3 is 1.38 bits per heavy atom. The molecule has 8 heterocycles. The van der Waals surface area contributed by atoms with E-state index in [2.05, 4.69) is 51.3 Å². The number of esters is 1. The van der Waals surface area contributed by atoms with Crippen LogP contribution in [0.2, 0.25) is 0 Å². The molecule has 14 rings (SSSR count). The molecule has 2 saturated heterocycles. The van der Waals surface area contributed by atoms with Gasteiger partial charge in [-0.05, 0) is 155 Å². The summed E-state index contributed by atoms with van der Waals surface area (Å²) in [6.45, 7) is 16.6. The van der Waals surface area contributed by atoms with Gasteiger partial charge in [0.15, 0.2) is 11.6 Å². The summed E-state index contributed by atoms with van der Waals surface area (Å²) < 4.78 is 41.4. The molecule has 0 spiro atoms. The second kappa shape index (κ2) is 35.0. The highest BCUT2D eigenvalue weighted by Crippen LogP contribution is 2.59. The van der Waals surface area contributed by atoms with Crippen molar-refractivity contribution in [1.82, 2.24) is 39.5 Å². The number of ether oxygens (including phenoxy) is 7. The van der Waals surface area contributed by atoms with E-state index in [4.69, 9.17) is 53.1 Å². The van der Waals surface area contributed by atoms with Gasteiger partial charge in [-0.2, -0.15) is 0 Å². The Labute approximate surface area is 663 Å². The zero-order valence-corrected chi connectivity index (χ0v) is 67.8. The van der Waals surface area contributed by atoms with E-state index >= 15 is 0 Å². The number of fused-ring (bicyclic) bond motifs is 6. The number of aromatic nitrogens is 4. The topological polar surface area (TPSA) is 252 Å². The number of nitrogens with zero attached hydrogens (tertiary/aromatic N) is 8. The predicted molar refractivity (Wildman–Crippen MR) is 433 cm³/mol. The van der Waals surface area contributed by atoms with Crippen LogP contribution in [0.5, 0.6) is 34.5 Å². The quantitative estimate of drug-likeness (QED) is 0.0583. The molecular weight excluding hydrogens is 1460 g/mol.